The highest BCUT2D eigenvalue weighted by Crippen LogP contribution is 2.25. The van der Waals surface area contributed by atoms with Gasteiger partial charge in [-0.2, -0.15) is 0 Å². The van der Waals surface area contributed by atoms with Gasteiger partial charge in [0.1, 0.15) is 4.70 Å². The third-order valence-electron chi connectivity index (χ3n) is 4.75. The molecule has 4 aromatic rings. The van der Waals surface area contributed by atoms with E-state index < -0.39 is 0 Å². The van der Waals surface area contributed by atoms with Gasteiger partial charge in [-0.25, -0.2) is 0 Å². The Morgan fingerprint density at radius 3 is 2.87 bits per heavy atom. The highest BCUT2D eigenvalue weighted by atomic mass is 32.2. The number of thiophene rings is 1. The maximum absolute atomic E-state index is 12.9. The van der Waals surface area contributed by atoms with Gasteiger partial charge in [-0.15, -0.1) is 21.5 Å². The third-order valence-corrected chi connectivity index (χ3v) is 6.57. The number of amides is 1. The summed E-state index contributed by atoms with van der Waals surface area (Å²) >= 11 is 2.73. The summed E-state index contributed by atoms with van der Waals surface area (Å²) in [5.74, 6) is 1.08. The summed E-state index contributed by atoms with van der Waals surface area (Å²) < 4.78 is 4.26. The number of aromatic nitrogens is 4. The Labute approximate surface area is 182 Å². The van der Waals surface area contributed by atoms with Crippen molar-refractivity contribution in [2.75, 3.05) is 11.1 Å². The highest BCUT2D eigenvalue weighted by Gasteiger charge is 2.18. The SMILES string of the molecule is Cc1cccc(NC(=O)CSc2nnc3n(CCC(C)C)c(=O)c4sccc4n23)c1. The fraction of sp³-hybridized carbons (Fsp3) is 0.333. The lowest BCUT2D eigenvalue weighted by Crippen LogP contribution is -2.23. The lowest BCUT2D eigenvalue weighted by Gasteiger charge is -2.10. The number of anilines is 1. The van der Waals surface area contributed by atoms with E-state index in [1.807, 2.05) is 47.0 Å². The van der Waals surface area contributed by atoms with Crippen LogP contribution in [-0.4, -0.2) is 30.8 Å². The van der Waals surface area contributed by atoms with Gasteiger partial charge in [-0.3, -0.25) is 18.6 Å². The molecule has 7 nitrogen and oxygen atoms in total. The Bertz CT molecular complexity index is 1270. The van der Waals surface area contributed by atoms with Crippen LogP contribution < -0.4 is 10.9 Å². The van der Waals surface area contributed by atoms with Gasteiger partial charge in [0.05, 0.1) is 11.3 Å². The number of hydrogen-bond acceptors (Lipinski definition) is 6. The Hall–Kier alpha value is -2.65. The molecule has 0 saturated carbocycles. The summed E-state index contributed by atoms with van der Waals surface area (Å²) in [6.45, 7) is 6.83. The molecule has 0 aliphatic carbocycles. The number of aryl methyl sites for hydroxylation is 2. The van der Waals surface area contributed by atoms with E-state index >= 15 is 0 Å². The van der Waals surface area contributed by atoms with Crippen LogP contribution >= 0.6 is 23.1 Å². The Morgan fingerprint density at radius 1 is 1.27 bits per heavy atom. The van der Waals surface area contributed by atoms with E-state index in [-0.39, 0.29) is 17.2 Å². The number of carbonyl (C=O) groups excluding carboxylic acids is 1. The third kappa shape index (κ3) is 4.13. The number of hydrogen-bond donors (Lipinski definition) is 1. The number of rotatable bonds is 7. The van der Waals surface area contributed by atoms with Gasteiger partial charge in [0.25, 0.3) is 5.56 Å². The van der Waals surface area contributed by atoms with Gasteiger partial charge in [0, 0.05) is 12.2 Å². The minimum Gasteiger partial charge on any atom is -0.325 e. The van der Waals surface area contributed by atoms with E-state index in [4.69, 9.17) is 0 Å². The van der Waals surface area contributed by atoms with Crippen LogP contribution in [0.4, 0.5) is 5.69 Å². The summed E-state index contributed by atoms with van der Waals surface area (Å²) in [5.41, 5.74) is 2.61. The second kappa shape index (κ2) is 8.61. The van der Waals surface area contributed by atoms with Crippen molar-refractivity contribution < 1.29 is 4.79 Å². The molecule has 1 N–H and O–H groups in total. The molecule has 1 aromatic carbocycles. The molecule has 0 radical (unpaired) electrons. The summed E-state index contributed by atoms with van der Waals surface area (Å²) in [6.07, 6.45) is 0.876. The maximum atomic E-state index is 12.9. The van der Waals surface area contributed by atoms with Crippen LogP contribution in [-0.2, 0) is 11.3 Å². The van der Waals surface area contributed by atoms with Crippen LogP contribution in [0.3, 0.4) is 0 Å². The quantitative estimate of drug-likeness (QED) is 0.435. The van der Waals surface area contributed by atoms with E-state index in [0.29, 0.717) is 28.1 Å². The minimum absolute atomic E-state index is 0.0331. The normalized spacial score (nSPS) is 11.6. The first-order valence-corrected chi connectivity index (χ1v) is 11.6. The van der Waals surface area contributed by atoms with Gasteiger partial charge >= 0.3 is 0 Å². The summed E-state index contributed by atoms with van der Waals surface area (Å²) in [7, 11) is 0. The molecule has 0 unspecified atom stereocenters. The van der Waals surface area contributed by atoms with E-state index in [1.165, 1.54) is 23.1 Å². The Kier molecular flexibility index (Phi) is 5.92. The molecule has 9 heteroatoms. The van der Waals surface area contributed by atoms with Crippen LogP contribution in [0.25, 0.3) is 16.0 Å². The molecule has 156 valence electrons. The van der Waals surface area contributed by atoms with Crippen molar-refractivity contribution in [3.05, 3.63) is 51.6 Å². The molecule has 1 amide bonds. The standard InChI is InChI=1S/C21H23N5O2S2/c1-13(2)7-9-25-19(28)18-16(8-10-29-18)26-20(25)23-24-21(26)30-12-17(27)22-15-6-4-5-14(3)11-15/h4-6,8,10-11,13H,7,9,12H2,1-3H3,(H,22,27). The van der Waals surface area contributed by atoms with Crippen molar-refractivity contribution in [1.29, 1.82) is 0 Å². The van der Waals surface area contributed by atoms with Crippen molar-refractivity contribution >= 4 is 50.7 Å². The average molecular weight is 442 g/mol. The van der Waals surface area contributed by atoms with Gasteiger partial charge in [0.2, 0.25) is 11.7 Å². The lowest BCUT2D eigenvalue weighted by atomic mass is 10.1. The van der Waals surface area contributed by atoms with Crippen molar-refractivity contribution in [2.24, 2.45) is 5.92 Å². The molecule has 0 aliphatic rings. The first kappa shape index (κ1) is 20.6. The van der Waals surface area contributed by atoms with Crippen LogP contribution in [0.2, 0.25) is 0 Å². The smallest absolute Gasteiger partial charge is 0.272 e. The molecular weight excluding hydrogens is 418 g/mol. The number of thioether (sulfide) groups is 1. The lowest BCUT2D eigenvalue weighted by molar-refractivity contribution is -0.113. The van der Waals surface area contributed by atoms with Gasteiger partial charge in [-0.1, -0.05) is 37.7 Å². The molecule has 0 fully saturated rings. The average Bonchev–Trinajstić information content (AvgIpc) is 3.33. The predicted octanol–water partition coefficient (Wildman–Crippen LogP) is 4.19. The van der Waals surface area contributed by atoms with Gasteiger partial charge < -0.3 is 5.32 Å². The zero-order chi connectivity index (χ0) is 21.3. The molecule has 0 aliphatic heterocycles. The molecule has 4 rings (SSSR count). The monoisotopic (exact) mass is 441 g/mol. The number of benzene rings is 1. The molecular formula is C21H23N5O2S2. The van der Waals surface area contributed by atoms with Crippen molar-refractivity contribution in [2.45, 2.75) is 38.9 Å². The Morgan fingerprint density at radius 2 is 2.10 bits per heavy atom. The van der Waals surface area contributed by atoms with Crippen LogP contribution in [0, 0.1) is 12.8 Å². The van der Waals surface area contributed by atoms with E-state index in [1.54, 1.807) is 4.57 Å². The maximum Gasteiger partial charge on any atom is 0.272 e. The zero-order valence-electron chi connectivity index (χ0n) is 17.1. The first-order chi connectivity index (χ1) is 14.4. The van der Waals surface area contributed by atoms with E-state index in [0.717, 1.165) is 23.2 Å². The molecule has 3 aromatic heterocycles. The second-order valence-corrected chi connectivity index (χ2v) is 9.46. The summed E-state index contributed by atoms with van der Waals surface area (Å²) in [6, 6.07) is 9.59. The molecule has 0 spiro atoms. The van der Waals surface area contributed by atoms with E-state index in [2.05, 4.69) is 29.4 Å². The number of fused-ring (bicyclic) bond motifs is 3. The van der Waals surface area contributed by atoms with Crippen LogP contribution in [0.1, 0.15) is 25.8 Å². The number of nitrogens with one attached hydrogen (secondary N) is 1. The second-order valence-electron chi connectivity index (χ2n) is 7.60. The fourth-order valence-electron chi connectivity index (χ4n) is 3.23. The predicted molar refractivity (Wildman–Crippen MR) is 123 cm³/mol. The molecule has 3 heterocycles. The van der Waals surface area contributed by atoms with Crippen molar-refractivity contribution in [3.8, 4) is 0 Å². The largest absolute Gasteiger partial charge is 0.325 e. The number of carbonyl (C=O) groups is 1. The molecule has 0 saturated heterocycles. The molecule has 0 atom stereocenters. The topological polar surface area (TPSA) is 81.3 Å². The van der Waals surface area contributed by atoms with Crippen LogP contribution in [0.15, 0.2) is 45.7 Å². The summed E-state index contributed by atoms with van der Waals surface area (Å²) in [5, 5.41) is 14.0. The summed E-state index contributed by atoms with van der Waals surface area (Å²) in [4.78, 5) is 25.4. The highest BCUT2D eigenvalue weighted by molar-refractivity contribution is 7.99. The van der Waals surface area contributed by atoms with E-state index in [9.17, 15) is 9.59 Å². The first-order valence-electron chi connectivity index (χ1n) is 9.78. The zero-order valence-corrected chi connectivity index (χ0v) is 18.7. The molecule has 0 bridgehead atoms. The molecule has 30 heavy (non-hydrogen) atoms. The fourth-order valence-corrected chi connectivity index (χ4v) is 4.80. The minimum atomic E-state index is -0.114. The van der Waals surface area contributed by atoms with Gasteiger partial charge in [0.15, 0.2) is 5.16 Å². The van der Waals surface area contributed by atoms with Crippen molar-refractivity contribution in [3.63, 3.8) is 0 Å². The van der Waals surface area contributed by atoms with Gasteiger partial charge in [-0.05, 0) is 48.4 Å². The Balaban J connectivity index is 1.62. The van der Waals surface area contributed by atoms with Crippen LogP contribution in [0.5, 0.6) is 0 Å². The van der Waals surface area contributed by atoms with Crippen molar-refractivity contribution in [1.82, 2.24) is 19.2 Å². The number of nitrogens with zero attached hydrogens (tertiary/aromatic N) is 4.